The van der Waals surface area contributed by atoms with Gasteiger partial charge in [-0.15, -0.1) is 0 Å². The minimum atomic E-state index is 0.798. The van der Waals surface area contributed by atoms with Crippen LogP contribution >= 0.6 is 0 Å². The Morgan fingerprint density at radius 3 is 2.90 bits per heavy atom. The summed E-state index contributed by atoms with van der Waals surface area (Å²) in [5, 5.41) is 0. The van der Waals surface area contributed by atoms with Gasteiger partial charge in [0.05, 0.1) is 0 Å². The zero-order valence-electron chi connectivity index (χ0n) is 6.93. The predicted molar refractivity (Wildman–Crippen MR) is 43.7 cm³/mol. The maximum absolute atomic E-state index is 3.22. The van der Waals surface area contributed by atoms with E-state index in [2.05, 4.69) is 30.9 Å². The van der Waals surface area contributed by atoms with Crippen LogP contribution in [0.15, 0.2) is 6.08 Å². The van der Waals surface area contributed by atoms with E-state index < -0.39 is 0 Å². The van der Waals surface area contributed by atoms with Crippen molar-refractivity contribution in [3.63, 3.8) is 0 Å². The van der Waals surface area contributed by atoms with Crippen molar-refractivity contribution in [1.82, 2.24) is 4.90 Å². The van der Waals surface area contributed by atoms with Crippen LogP contribution in [0.1, 0.15) is 20.3 Å². The minimum absolute atomic E-state index is 0.798. The maximum atomic E-state index is 3.22. The molecule has 1 radical (unpaired) electrons. The molecule has 1 rings (SSSR count). The van der Waals surface area contributed by atoms with Crippen LogP contribution in [-0.4, -0.2) is 24.5 Å². The highest BCUT2D eigenvalue weighted by molar-refractivity contribution is 4.84. The van der Waals surface area contributed by atoms with Gasteiger partial charge >= 0.3 is 0 Å². The van der Waals surface area contributed by atoms with Gasteiger partial charge in [-0.2, -0.15) is 0 Å². The second kappa shape index (κ2) is 3.77. The van der Waals surface area contributed by atoms with Crippen LogP contribution in [0.5, 0.6) is 0 Å². The molecule has 0 bridgehead atoms. The molecule has 0 N–H and O–H groups in total. The van der Waals surface area contributed by atoms with E-state index in [1.807, 2.05) is 0 Å². The maximum Gasteiger partial charge on any atom is 0.0169 e. The molecule has 0 aromatic carbocycles. The number of nitrogens with zero attached hydrogens (tertiary/aromatic N) is 1. The molecule has 0 amide bonds. The predicted octanol–water partition coefficient (Wildman–Crippen LogP) is 1.71. The molecule has 0 aromatic heterocycles. The van der Waals surface area contributed by atoms with Crippen molar-refractivity contribution in [3.8, 4) is 0 Å². The lowest BCUT2D eigenvalue weighted by Gasteiger charge is -2.24. The summed E-state index contributed by atoms with van der Waals surface area (Å²) in [7, 11) is 0. The average Bonchev–Trinajstić information content (AvgIpc) is 1.88. The van der Waals surface area contributed by atoms with E-state index in [1.54, 1.807) is 0 Å². The fourth-order valence-electron chi connectivity index (χ4n) is 1.29. The first-order valence-electron chi connectivity index (χ1n) is 4.06. The van der Waals surface area contributed by atoms with Gasteiger partial charge in [-0.3, -0.25) is 4.90 Å². The molecule has 0 atom stereocenters. The summed E-state index contributed by atoms with van der Waals surface area (Å²) < 4.78 is 0. The number of hydrogen-bond acceptors (Lipinski definition) is 1. The van der Waals surface area contributed by atoms with Gasteiger partial charge in [-0.1, -0.05) is 19.9 Å². The van der Waals surface area contributed by atoms with Crippen LogP contribution in [0.3, 0.4) is 0 Å². The Morgan fingerprint density at radius 2 is 2.40 bits per heavy atom. The summed E-state index contributed by atoms with van der Waals surface area (Å²) in [6, 6.07) is 0. The molecular weight excluding hydrogens is 122 g/mol. The van der Waals surface area contributed by atoms with Crippen molar-refractivity contribution in [2.24, 2.45) is 5.92 Å². The summed E-state index contributed by atoms with van der Waals surface area (Å²) in [5.74, 6) is 0.798. The fraction of sp³-hybridized carbons (Fsp3) is 0.778. The standard InChI is InChI=1S/C9H16N/c1-9(2)8-10-6-4-3-5-7-10/h4,9H,5-8H2,1-2H3. The summed E-state index contributed by atoms with van der Waals surface area (Å²) in [6.07, 6.45) is 6.48. The minimum Gasteiger partial charge on any atom is -0.299 e. The Hall–Kier alpha value is -0.300. The molecule has 10 heavy (non-hydrogen) atoms. The molecule has 1 heteroatoms. The third-order valence-corrected chi connectivity index (χ3v) is 1.69. The summed E-state index contributed by atoms with van der Waals surface area (Å²) >= 11 is 0. The molecular formula is C9H16N. The molecule has 0 unspecified atom stereocenters. The third-order valence-electron chi connectivity index (χ3n) is 1.69. The van der Waals surface area contributed by atoms with Crippen LogP contribution in [0.2, 0.25) is 0 Å². The molecule has 0 saturated heterocycles. The van der Waals surface area contributed by atoms with Gasteiger partial charge in [-0.05, 0) is 18.4 Å². The van der Waals surface area contributed by atoms with Crippen molar-refractivity contribution in [1.29, 1.82) is 0 Å². The highest BCUT2D eigenvalue weighted by Gasteiger charge is 2.06. The number of rotatable bonds is 2. The summed E-state index contributed by atoms with van der Waals surface area (Å²) in [6.45, 7) is 8.08. The van der Waals surface area contributed by atoms with Crippen molar-refractivity contribution in [3.05, 3.63) is 12.2 Å². The first kappa shape index (κ1) is 7.80. The monoisotopic (exact) mass is 138 g/mol. The van der Waals surface area contributed by atoms with Gasteiger partial charge in [0, 0.05) is 19.6 Å². The van der Waals surface area contributed by atoms with Gasteiger partial charge in [0.15, 0.2) is 0 Å². The normalized spacial score (nSPS) is 20.3. The highest BCUT2D eigenvalue weighted by atomic mass is 15.1. The first-order chi connectivity index (χ1) is 4.79. The Bertz CT molecular complexity index is 116. The van der Waals surface area contributed by atoms with Gasteiger partial charge in [-0.25, -0.2) is 0 Å². The Labute approximate surface area is 63.7 Å². The zero-order chi connectivity index (χ0) is 7.40. The van der Waals surface area contributed by atoms with E-state index in [0.717, 1.165) is 18.9 Å². The lowest BCUT2D eigenvalue weighted by molar-refractivity contribution is 0.263. The van der Waals surface area contributed by atoms with Gasteiger partial charge in [0.2, 0.25) is 0 Å². The summed E-state index contributed by atoms with van der Waals surface area (Å²) in [4.78, 5) is 2.47. The van der Waals surface area contributed by atoms with Crippen LogP contribution < -0.4 is 0 Å². The van der Waals surface area contributed by atoms with Gasteiger partial charge in [0.25, 0.3) is 0 Å². The first-order valence-corrected chi connectivity index (χ1v) is 4.06. The molecule has 1 heterocycles. The Morgan fingerprint density at radius 1 is 1.60 bits per heavy atom. The van der Waals surface area contributed by atoms with Crippen LogP contribution in [0.4, 0.5) is 0 Å². The van der Waals surface area contributed by atoms with E-state index in [0.29, 0.717) is 0 Å². The van der Waals surface area contributed by atoms with Crippen LogP contribution in [0, 0.1) is 12.0 Å². The van der Waals surface area contributed by atoms with E-state index >= 15 is 0 Å². The molecule has 1 nitrogen and oxygen atoms in total. The second-order valence-corrected chi connectivity index (χ2v) is 3.31. The quantitative estimate of drug-likeness (QED) is 0.561. The van der Waals surface area contributed by atoms with Gasteiger partial charge in [0.1, 0.15) is 0 Å². The molecule has 1 aliphatic rings. The zero-order valence-corrected chi connectivity index (χ0v) is 6.93. The van der Waals surface area contributed by atoms with Crippen molar-refractivity contribution < 1.29 is 0 Å². The SMILES string of the molecule is CC(C)CN1CC=[C]CC1. The van der Waals surface area contributed by atoms with E-state index in [-0.39, 0.29) is 0 Å². The Balaban J connectivity index is 2.22. The molecule has 0 aromatic rings. The van der Waals surface area contributed by atoms with E-state index in [4.69, 9.17) is 0 Å². The lowest BCUT2D eigenvalue weighted by atomic mass is 10.2. The molecule has 1 aliphatic heterocycles. The van der Waals surface area contributed by atoms with Crippen molar-refractivity contribution in [2.75, 3.05) is 19.6 Å². The Kier molecular flexibility index (Phi) is 2.94. The second-order valence-electron chi connectivity index (χ2n) is 3.31. The topological polar surface area (TPSA) is 3.24 Å². The lowest BCUT2D eigenvalue weighted by Crippen LogP contribution is -2.30. The third kappa shape index (κ3) is 2.53. The van der Waals surface area contributed by atoms with Crippen LogP contribution in [-0.2, 0) is 0 Å². The summed E-state index contributed by atoms with van der Waals surface area (Å²) in [5.41, 5.74) is 0. The largest absolute Gasteiger partial charge is 0.299 e. The van der Waals surface area contributed by atoms with Crippen molar-refractivity contribution >= 4 is 0 Å². The highest BCUT2D eigenvalue weighted by Crippen LogP contribution is 2.03. The van der Waals surface area contributed by atoms with E-state index in [1.165, 1.54) is 13.1 Å². The molecule has 0 spiro atoms. The average molecular weight is 138 g/mol. The number of hydrogen-bond donors (Lipinski definition) is 0. The van der Waals surface area contributed by atoms with Gasteiger partial charge < -0.3 is 0 Å². The van der Waals surface area contributed by atoms with Crippen molar-refractivity contribution in [2.45, 2.75) is 20.3 Å². The fourth-order valence-corrected chi connectivity index (χ4v) is 1.29. The van der Waals surface area contributed by atoms with E-state index in [9.17, 15) is 0 Å². The molecule has 0 fully saturated rings. The molecule has 0 aliphatic carbocycles. The molecule has 0 saturated carbocycles. The molecule has 57 valence electrons. The smallest absolute Gasteiger partial charge is 0.0169 e. The van der Waals surface area contributed by atoms with Crippen LogP contribution in [0.25, 0.3) is 0 Å².